The maximum atomic E-state index is 12.9. The summed E-state index contributed by atoms with van der Waals surface area (Å²) in [6.07, 6.45) is 2.69. The average Bonchev–Trinajstić information content (AvgIpc) is 2.79. The van der Waals surface area contributed by atoms with E-state index in [1.165, 1.54) is 0 Å². The largest absolute Gasteiger partial charge is 0.493 e. The number of hydrogen-bond donors (Lipinski definition) is 2. The number of nitrogens with one attached hydrogen (secondary N) is 2. The zero-order valence-electron chi connectivity index (χ0n) is 20.3. The van der Waals surface area contributed by atoms with Crippen LogP contribution < -0.4 is 15.4 Å². The van der Waals surface area contributed by atoms with E-state index >= 15 is 0 Å². The molecule has 0 spiro atoms. The van der Waals surface area contributed by atoms with Gasteiger partial charge < -0.3 is 15.0 Å². The van der Waals surface area contributed by atoms with E-state index in [0.29, 0.717) is 48.2 Å². The van der Waals surface area contributed by atoms with Gasteiger partial charge in [-0.2, -0.15) is 0 Å². The van der Waals surface area contributed by atoms with Crippen molar-refractivity contribution in [3.05, 3.63) is 58.1 Å². The zero-order valence-corrected chi connectivity index (χ0v) is 22.7. The summed E-state index contributed by atoms with van der Waals surface area (Å²) in [6, 6.07) is 12.4. The van der Waals surface area contributed by atoms with E-state index in [-0.39, 0.29) is 16.9 Å². The highest BCUT2D eigenvalue weighted by Crippen LogP contribution is 2.24. The zero-order chi connectivity index (χ0) is 25.1. The van der Waals surface area contributed by atoms with Gasteiger partial charge >= 0.3 is 0 Å². The minimum Gasteiger partial charge on any atom is -0.493 e. The fourth-order valence-electron chi connectivity index (χ4n) is 3.31. The Bertz CT molecular complexity index is 991. The van der Waals surface area contributed by atoms with E-state index in [1.54, 1.807) is 36.4 Å². The molecule has 6 nitrogen and oxygen atoms in total. The lowest BCUT2D eigenvalue weighted by Crippen LogP contribution is -2.34. The van der Waals surface area contributed by atoms with Crippen LogP contribution in [0.5, 0.6) is 5.75 Å². The molecule has 0 saturated heterocycles. The van der Waals surface area contributed by atoms with E-state index in [2.05, 4.69) is 54.3 Å². The van der Waals surface area contributed by atoms with Gasteiger partial charge in [-0.3, -0.25) is 14.9 Å². The van der Waals surface area contributed by atoms with Crippen molar-refractivity contribution in [2.75, 3.05) is 25.0 Å². The van der Waals surface area contributed by atoms with Gasteiger partial charge in [0.2, 0.25) is 0 Å². The van der Waals surface area contributed by atoms with E-state index < -0.39 is 0 Å². The molecular weight excluding hydrogens is 514 g/mol. The van der Waals surface area contributed by atoms with Crippen molar-refractivity contribution in [1.82, 2.24) is 10.2 Å². The first-order valence-electron chi connectivity index (χ1n) is 11.7. The molecule has 2 aromatic carbocycles. The number of benzene rings is 2. The second-order valence-corrected chi connectivity index (χ2v) is 9.78. The predicted octanol–water partition coefficient (Wildman–Crippen LogP) is 6.26. The van der Waals surface area contributed by atoms with Gasteiger partial charge in [-0.25, -0.2) is 0 Å². The average molecular weight is 549 g/mol. The third-order valence-corrected chi connectivity index (χ3v) is 5.71. The Labute approximate surface area is 216 Å². The van der Waals surface area contributed by atoms with E-state index in [0.717, 1.165) is 23.7 Å². The van der Waals surface area contributed by atoms with Crippen molar-refractivity contribution in [1.29, 1.82) is 0 Å². The van der Waals surface area contributed by atoms with Crippen molar-refractivity contribution in [2.24, 2.45) is 5.92 Å². The molecule has 0 aliphatic carbocycles. The minimum atomic E-state index is -0.373. The SMILES string of the molecule is CCCN(CCC)C(=O)c1cccc(NC(=S)NC(=O)c2cc(Br)ccc2OCCC(C)C)c1. The Morgan fingerprint density at radius 2 is 1.79 bits per heavy atom. The normalized spacial score (nSPS) is 10.6. The highest BCUT2D eigenvalue weighted by atomic mass is 79.9. The molecule has 0 aliphatic rings. The molecule has 0 radical (unpaired) electrons. The molecule has 34 heavy (non-hydrogen) atoms. The summed E-state index contributed by atoms with van der Waals surface area (Å²) in [7, 11) is 0. The van der Waals surface area contributed by atoms with Gasteiger partial charge in [-0.05, 0) is 73.8 Å². The molecule has 184 valence electrons. The number of anilines is 1. The summed E-state index contributed by atoms with van der Waals surface area (Å²) < 4.78 is 6.61. The summed E-state index contributed by atoms with van der Waals surface area (Å²) in [5.74, 6) is 0.620. The van der Waals surface area contributed by atoms with E-state index in [4.69, 9.17) is 17.0 Å². The molecule has 0 fully saturated rings. The Kier molecular flexibility index (Phi) is 11.5. The molecule has 0 atom stereocenters. The summed E-state index contributed by atoms with van der Waals surface area (Å²) in [5.41, 5.74) is 1.60. The molecule has 0 bridgehead atoms. The van der Waals surface area contributed by atoms with Gasteiger partial charge in [-0.1, -0.05) is 49.7 Å². The number of carbonyl (C=O) groups is 2. The highest BCUT2D eigenvalue weighted by Gasteiger charge is 2.17. The standard InChI is InChI=1S/C26H34BrN3O3S/c1-5-13-30(14-6-2)25(32)19-8-7-9-21(16-19)28-26(34)29-24(31)22-17-20(27)10-11-23(22)33-15-12-18(3)4/h7-11,16-18H,5-6,12-15H2,1-4H3,(H2,28,29,31,34). The van der Waals surface area contributed by atoms with Crippen LogP contribution in [0.25, 0.3) is 0 Å². The van der Waals surface area contributed by atoms with Crippen molar-refractivity contribution in [3.63, 3.8) is 0 Å². The van der Waals surface area contributed by atoms with Crippen LogP contribution in [0.2, 0.25) is 0 Å². The van der Waals surface area contributed by atoms with Gasteiger partial charge in [0, 0.05) is 28.8 Å². The monoisotopic (exact) mass is 547 g/mol. The van der Waals surface area contributed by atoms with Crippen LogP contribution in [0.1, 0.15) is 67.7 Å². The number of nitrogens with zero attached hydrogens (tertiary/aromatic N) is 1. The summed E-state index contributed by atoms with van der Waals surface area (Å²) in [5, 5.41) is 5.86. The summed E-state index contributed by atoms with van der Waals surface area (Å²) in [6.45, 7) is 10.3. The third kappa shape index (κ3) is 8.72. The minimum absolute atomic E-state index is 0.0142. The number of thiocarbonyl (C=S) groups is 1. The molecule has 8 heteroatoms. The van der Waals surface area contributed by atoms with E-state index in [1.807, 2.05) is 11.0 Å². The maximum absolute atomic E-state index is 12.9. The molecule has 2 aromatic rings. The van der Waals surface area contributed by atoms with Crippen molar-refractivity contribution in [2.45, 2.75) is 47.0 Å². The fourth-order valence-corrected chi connectivity index (χ4v) is 3.88. The predicted molar refractivity (Wildman–Crippen MR) is 146 cm³/mol. The van der Waals surface area contributed by atoms with Crippen LogP contribution in [-0.2, 0) is 0 Å². The van der Waals surface area contributed by atoms with Crippen LogP contribution in [0.4, 0.5) is 5.69 Å². The van der Waals surface area contributed by atoms with Gasteiger partial charge in [0.15, 0.2) is 5.11 Å². The first-order chi connectivity index (χ1) is 16.2. The van der Waals surface area contributed by atoms with Crippen LogP contribution >= 0.6 is 28.1 Å². The Balaban J connectivity index is 2.07. The third-order valence-electron chi connectivity index (χ3n) is 5.01. The molecule has 2 N–H and O–H groups in total. The van der Waals surface area contributed by atoms with Gasteiger partial charge in [0.05, 0.1) is 12.2 Å². The van der Waals surface area contributed by atoms with Crippen molar-refractivity contribution < 1.29 is 14.3 Å². The topological polar surface area (TPSA) is 70.7 Å². The van der Waals surface area contributed by atoms with Crippen molar-refractivity contribution >= 4 is 50.8 Å². The van der Waals surface area contributed by atoms with Gasteiger partial charge in [0.25, 0.3) is 11.8 Å². The van der Waals surface area contributed by atoms with Crippen LogP contribution in [0, 0.1) is 5.92 Å². The lowest BCUT2D eigenvalue weighted by atomic mass is 10.1. The van der Waals surface area contributed by atoms with Crippen LogP contribution in [-0.4, -0.2) is 41.5 Å². The Morgan fingerprint density at radius 1 is 1.09 bits per heavy atom. The summed E-state index contributed by atoms with van der Waals surface area (Å²) >= 11 is 8.77. The lowest BCUT2D eigenvalue weighted by Gasteiger charge is -2.22. The van der Waals surface area contributed by atoms with Crippen LogP contribution in [0.3, 0.4) is 0 Å². The van der Waals surface area contributed by atoms with Crippen LogP contribution in [0.15, 0.2) is 46.9 Å². The maximum Gasteiger partial charge on any atom is 0.261 e. The molecule has 0 heterocycles. The summed E-state index contributed by atoms with van der Waals surface area (Å²) in [4.78, 5) is 27.7. The Hall–Kier alpha value is -2.45. The van der Waals surface area contributed by atoms with Crippen molar-refractivity contribution in [3.8, 4) is 5.75 Å². The highest BCUT2D eigenvalue weighted by molar-refractivity contribution is 9.10. The smallest absolute Gasteiger partial charge is 0.261 e. The molecule has 0 saturated carbocycles. The van der Waals surface area contributed by atoms with Gasteiger partial charge in [-0.15, -0.1) is 0 Å². The molecule has 2 amide bonds. The second-order valence-electron chi connectivity index (χ2n) is 8.45. The lowest BCUT2D eigenvalue weighted by molar-refractivity contribution is 0.0755. The number of amides is 2. The fraction of sp³-hybridized carbons (Fsp3) is 0.423. The van der Waals surface area contributed by atoms with Gasteiger partial charge in [0.1, 0.15) is 5.75 Å². The first kappa shape index (κ1) is 27.8. The molecule has 2 rings (SSSR count). The number of rotatable bonds is 11. The quantitative estimate of drug-likeness (QED) is 0.324. The second kappa shape index (κ2) is 14.1. The first-order valence-corrected chi connectivity index (χ1v) is 12.9. The molecule has 0 aromatic heterocycles. The molecule has 0 unspecified atom stereocenters. The number of ether oxygens (including phenoxy) is 1. The number of carbonyl (C=O) groups excluding carboxylic acids is 2. The Morgan fingerprint density at radius 3 is 2.44 bits per heavy atom. The number of hydrogen-bond acceptors (Lipinski definition) is 4. The van der Waals surface area contributed by atoms with E-state index in [9.17, 15) is 9.59 Å². The molecule has 0 aliphatic heterocycles. The molecular formula is C26H34BrN3O3S. The number of halogens is 1.